The number of aromatic nitrogens is 4. The van der Waals surface area contributed by atoms with Crippen LogP contribution in [0, 0.1) is 13.8 Å². The predicted octanol–water partition coefficient (Wildman–Crippen LogP) is 3.37. The quantitative estimate of drug-likeness (QED) is 0.612. The molecule has 0 bridgehead atoms. The summed E-state index contributed by atoms with van der Waals surface area (Å²) in [5, 5.41) is 13.1. The molecule has 9 heteroatoms. The van der Waals surface area contributed by atoms with Crippen LogP contribution in [0.15, 0.2) is 30.3 Å². The number of hydrogen-bond acceptors (Lipinski definition) is 8. The zero-order chi connectivity index (χ0) is 18.5. The van der Waals surface area contributed by atoms with Crippen LogP contribution < -0.4 is 16.0 Å². The van der Waals surface area contributed by atoms with E-state index in [-0.39, 0.29) is 5.91 Å². The smallest absolute Gasteiger partial charge is 0.269 e. The van der Waals surface area contributed by atoms with E-state index in [1.54, 1.807) is 6.92 Å². The molecule has 0 saturated heterocycles. The van der Waals surface area contributed by atoms with Crippen LogP contribution in [-0.4, -0.2) is 32.0 Å². The summed E-state index contributed by atoms with van der Waals surface area (Å²) in [4.78, 5) is 21.4. The summed E-state index contributed by atoms with van der Waals surface area (Å²) >= 11 is 1.08. The largest absolute Gasteiger partial charge is 0.370 e. The molecule has 134 valence electrons. The Bertz CT molecular complexity index is 908. The first-order valence-electron chi connectivity index (χ1n) is 8.12. The maximum Gasteiger partial charge on any atom is 0.269 e. The molecule has 1 aromatic carbocycles. The van der Waals surface area contributed by atoms with Crippen molar-refractivity contribution in [1.29, 1.82) is 0 Å². The molecule has 2 aromatic heterocycles. The van der Waals surface area contributed by atoms with Crippen LogP contribution in [0.2, 0.25) is 0 Å². The Balaban J connectivity index is 1.68. The van der Waals surface area contributed by atoms with E-state index in [1.807, 2.05) is 44.2 Å². The Labute approximate surface area is 155 Å². The van der Waals surface area contributed by atoms with Crippen molar-refractivity contribution in [2.24, 2.45) is 0 Å². The molecule has 2 heterocycles. The van der Waals surface area contributed by atoms with E-state index in [0.29, 0.717) is 27.9 Å². The number of anilines is 4. The fourth-order valence-corrected chi connectivity index (χ4v) is 2.87. The lowest BCUT2D eigenvalue weighted by atomic mass is 10.2. The second kappa shape index (κ2) is 7.87. The van der Waals surface area contributed by atoms with E-state index in [9.17, 15) is 4.79 Å². The highest BCUT2D eigenvalue weighted by atomic mass is 32.1. The van der Waals surface area contributed by atoms with Gasteiger partial charge in [-0.25, -0.2) is 9.97 Å². The SMILES string of the molecule is CCNc1cc(Nc2ccc(NC(=O)c3snnc3C)cc2)nc(C)n1. The van der Waals surface area contributed by atoms with Crippen molar-refractivity contribution in [1.82, 2.24) is 19.6 Å². The lowest BCUT2D eigenvalue weighted by Gasteiger charge is -2.10. The van der Waals surface area contributed by atoms with Gasteiger partial charge in [-0.3, -0.25) is 4.79 Å². The summed E-state index contributed by atoms with van der Waals surface area (Å²) in [5.74, 6) is 1.96. The van der Waals surface area contributed by atoms with Crippen molar-refractivity contribution in [3.8, 4) is 0 Å². The highest BCUT2D eigenvalue weighted by molar-refractivity contribution is 7.08. The molecule has 8 nitrogen and oxygen atoms in total. The number of nitrogens with zero attached hydrogens (tertiary/aromatic N) is 4. The average molecular weight is 369 g/mol. The van der Waals surface area contributed by atoms with Gasteiger partial charge in [-0.2, -0.15) is 0 Å². The van der Waals surface area contributed by atoms with Crippen molar-refractivity contribution in [3.05, 3.63) is 46.7 Å². The fraction of sp³-hybridized carbons (Fsp3) is 0.235. The molecule has 0 aliphatic rings. The van der Waals surface area contributed by atoms with Crippen molar-refractivity contribution in [2.45, 2.75) is 20.8 Å². The first kappa shape index (κ1) is 17.7. The summed E-state index contributed by atoms with van der Waals surface area (Å²) in [6, 6.07) is 9.24. The zero-order valence-corrected chi connectivity index (χ0v) is 15.5. The first-order chi connectivity index (χ1) is 12.5. The van der Waals surface area contributed by atoms with E-state index in [4.69, 9.17) is 0 Å². The van der Waals surface area contributed by atoms with E-state index in [2.05, 4.69) is 35.5 Å². The van der Waals surface area contributed by atoms with Crippen LogP contribution in [0.5, 0.6) is 0 Å². The normalized spacial score (nSPS) is 10.4. The summed E-state index contributed by atoms with van der Waals surface area (Å²) in [6.07, 6.45) is 0. The monoisotopic (exact) mass is 369 g/mol. The predicted molar refractivity (Wildman–Crippen MR) is 103 cm³/mol. The molecular weight excluding hydrogens is 350 g/mol. The van der Waals surface area contributed by atoms with Gasteiger partial charge in [0.1, 0.15) is 22.3 Å². The third-order valence-corrected chi connectivity index (χ3v) is 4.30. The number of benzene rings is 1. The molecular formula is C17H19N7OS. The third kappa shape index (κ3) is 4.31. The van der Waals surface area contributed by atoms with E-state index in [1.165, 1.54) is 0 Å². The average Bonchev–Trinajstić information content (AvgIpc) is 3.02. The van der Waals surface area contributed by atoms with Crippen LogP contribution in [0.3, 0.4) is 0 Å². The lowest BCUT2D eigenvalue weighted by molar-refractivity contribution is 0.103. The van der Waals surface area contributed by atoms with Gasteiger partial charge in [0.2, 0.25) is 0 Å². The Morgan fingerprint density at radius 2 is 1.77 bits per heavy atom. The maximum atomic E-state index is 12.2. The molecule has 0 aliphatic carbocycles. The molecule has 0 atom stereocenters. The summed E-state index contributed by atoms with van der Waals surface area (Å²) in [6.45, 7) is 6.41. The minimum atomic E-state index is -0.208. The Morgan fingerprint density at radius 3 is 2.42 bits per heavy atom. The number of rotatable bonds is 6. The minimum Gasteiger partial charge on any atom is -0.370 e. The molecule has 3 aromatic rings. The number of amides is 1. The summed E-state index contributed by atoms with van der Waals surface area (Å²) in [7, 11) is 0. The highest BCUT2D eigenvalue weighted by Gasteiger charge is 2.13. The minimum absolute atomic E-state index is 0.208. The molecule has 3 rings (SSSR count). The molecule has 26 heavy (non-hydrogen) atoms. The topological polar surface area (TPSA) is 105 Å². The number of aryl methyl sites for hydroxylation is 2. The van der Waals surface area contributed by atoms with E-state index >= 15 is 0 Å². The standard InChI is InChI=1S/C17H19N7OS/c1-4-18-14-9-15(20-11(3)19-14)21-12-5-7-13(8-6-12)22-17(25)16-10(2)23-24-26-16/h5-9H,4H2,1-3H3,(H,22,25)(H2,18,19,20,21). The van der Waals surface area contributed by atoms with Gasteiger partial charge in [-0.1, -0.05) is 4.49 Å². The number of nitrogens with one attached hydrogen (secondary N) is 3. The van der Waals surface area contributed by atoms with Gasteiger partial charge in [0.05, 0.1) is 5.69 Å². The van der Waals surface area contributed by atoms with Crippen molar-refractivity contribution >= 4 is 40.5 Å². The van der Waals surface area contributed by atoms with Gasteiger partial charge < -0.3 is 16.0 Å². The molecule has 0 fully saturated rings. The molecule has 1 amide bonds. The lowest BCUT2D eigenvalue weighted by Crippen LogP contribution is -2.11. The van der Waals surface area contributed by atoms with Gasteiger partial charge >= 0.3 is 0 Å². The van der Waals surface area contributed by atoms with Gasteiger partial charge in [0.25, 0.3) is 5.91 Å². The van der Waals surface area contributed by atoms with E-state index < -0.39 is 0 Å². The third-order valence-electron chi connectivity index (χ3n) is 3.47. The number of carbonyl (C=O) groups excluding carboxylic acids is 1. The molecule has 0 saturated carbocycles. The molecule has 0 spiro atoms. The van der Waals surface area contributed by atoms with Gasteiger partial charge in [-0.05, 0) is 56.6 Å². The number of carbonyl (C=O) groups is 1. The van der Waals surface area contributed by atoms with Crippen LogP contribution in [0.4, 0.5) is 23.0 Å². The Hall–Kier alpha value is -3.07. The Kier molecular flexibility index (Phi) is 5.37. The first-order valence-corrected chi connectivity index (χ1v) is 8.89. The highest BCUT2D eigenvalue weighted by Crippen LogP contribution is 2.20. The Morgan fingerprint density at radius 1 is 1.08 bits per heavy atom. The van der Waals surface area contributed by atoms with Crippen molar-refractivity contribution < 1.29 is 4.79 Å². The summed E-state index contributed by atoms with van der Waals surface area (Å²) < 4.78 is 3.78. The summed E-state index contributed by atoms with van der Waals surface area (Å²) in [5.41, 5.74) is 2.18. The van der Waals surface area contributed by atoms with Gasteiger partial charge in [-0.15, -0.1) is 5.10 Å². The van der Waals surface area contributed by atoms with Crippen LogP contribution in [0.1, 0.15) is 28.1 Å². The molecule has 0 unspecified atom stereocenters. The van der Waals surface area contributed by atoms with Crippen molar-refractivity contribution in [2.75, 3.05) is 22.5 Å². The van der Waals surface area contributed by atoms with Gasteiger partial charge in [0, 0.05) is 24.0 Å². The van der Waals surface area contributed by atoms with Gasteiger partial charge in [0.15, 0.2) is 0 Å². The van der Waals surface area contributed by atoms with Crippen LogP contribution in [-0.2, 0) is 0 Å². The van der Waals surface area contributed by atoms with Crippen molar-refractivity contribution in [3.63, 3.8) is 0 Å². The number of hydrogen-bond donors (Lipinski definition) is 3. The zero-order valence-electron chi connectivity index (χ0n) is 14.7. The molecule has 3 N–H and O–H groups in total. The maximum absolute atomic E-state index is 12.2. The van der Waals surface area contributed by atoms with E-state index in [0.717, 1.165) is 29.6 Å². The van der Waals surface area contributed by atoms with Crippen LogP contribution in [0.25, 0.3) is 0 Å². The molecule has 0 aliphatic heterocycles. The van der Waals surface area contributed by atoms with Crippen LogP contribution >= 0.6 is 11.5 Å². The fourth-order valence-electron chi connectivity index (χ4n) is 2.32. The second-order valence-electron chi connectivity index (χ2n) is 5.56. The second-order valence-corrected chi connectivity index (χ2v) is 6.31. The molecule has 0 radical (unpaired) electrons.